The Balaban J connectivity index is 1.85. The van der Waals surface area contributed by atoms with Crippen LogP contribution in [-0.2, 0) is 12.8 Å². The van der Waals surface area contributed by atoms with E-state index in [0.29, 0.717) is 0 Å². The third-order valence-electron chi connectivity index (χ3n) is 4.59. The second kappa shape index (κ2) is 5.89. The Hall–Kier alpha value is -2.60. The van der Waals surface area contributed by atoms with Gasteiger partial charge >= 0.3 is 0 Å². The first-order valence-corrected chi connectivity index (χ1v) is 8.24. The van der Waals surface area contributed by atoms with Crippen LogP contribution in [0, 0.1) is 6.07 Å². The number of benzene rings is 4. The summed E-state index contributed by atoms with van der Waals surface area (Å²) in [4.78, 5) is 0. The second-order valence-corrected chi connectivity index (χ2v) is 6.03. The van der Waals surface area contributed by atoms with Crippen LogP contribution in [-0.4, -0.2) is 0 Å². The van der Waals surface area contributed by atoms with Gasteiger partial charge in [0.15, 0.2) is 0 Å². The van der Waals surface area contributed by atoms with Crippen LogP contribution >= 0.6 is 0 Å². The van der Waals surface area contributed by atoms with Crippen molar-refractivity contribution in [1.82, 2.24) is 0 Å². The zero-order valence-corrected chi connectivity index (χ0v) is 13.3. The van der Waals surface area contributed by atoms with Gasteiger partial charge in [0.25, 0.3) is 0 Å². The van der Waals surface area contributed by atoms with Crippen LogP contribution in [0.1, 0.15) is 23.6 Å². The maximum Gasteiger partial charge on any atom is -0.00105 e. The fraction of sp³-hybridized carbons (Fsp3) is 0.130. The average molecular weight is 295 g/mol. The third kappa shape index (κ3) is 2.61. The van der Waals surface area contributed by atoms with Crippen LogP contribution < -0.4 is 0 Å². The van der Waals surface area contributed by atoms with Gasteiger partial charge in [0.2, 0.25) is 0 Å². The molecule has 0 aliphatic carbocycles. The molecule has 0 aliphatic heterocycles. The lowest BCUT2D eigenvalue weighted by Crippen LogP contribution is -1.96. The Morgan fingerprint density at radius 3 is 2.35 bits per heavy atom. The van der Waals surface area contributed by atoms with Gasteiger partial charge in [0.1, 0.15) is 0 Å². The molecule has 4 aromatic rings. The van der Waals surface area contributed by atoms with Crippen molar-refractivity contribution in [3.8, 4) is 0 Å². The number of hydrogen-bond acceptors (Lipinski definition) is 0. The Labute approximate surface area is 137 Å². The molecular weight excluding hydrogens is 276 g/mol. The van der Waals surface area contributed by atoms with Gasteiger partial charge in [-0.05, 0) is 57.1 Å². The van der Waals surface area contributed by atoms with E-state index in [4.69, 9.17) is 0 Å². The topological polar surface area (TPSA) is 0 Å². The fourth-order valence-electron chi connectivity index (χ4n) is 3.36. The highest BCUT2D eigenvalue weighted by atomic mass is 14.1. The molecule has 0 saturated heterocycles. The summed E-state index contributed by atoms with van der Waals surface area (Å²) in [5.41, 5.74) is 4.10. The first-order valence-electron chi connectivity index (χ1n) is 8.24. The molecule has 0 amide bonds. The monoisotopic (exact) mass is 295 g/mol. The van der Waals surface area contributed by atoms with Crippen molar-refractivity contribution < 1.29 is 0 Å². The minimum atomic E-state index is 0.940. The van der Waals surface area contributed by atoms with Gasteiger partial charge in [0.05, 0.1) is 0 Å². The summed E-state index contributed by atoms with van der Waals surface area (Å²) in [5.74, 6) is 0. The van der Waals surface area contributed by atoms with Crippen LogP contribution in [0.3, 0.4) is 0 Å². The Morgan fingerprint density at radius 1 is 0.739 bits per heavy atom. The second-order valence-electron chi connectivity index (χ2n) is 6.03. The Morgan fingerprint density at radius 2 is 1.48 bits per heavy atom. The first kappa shape index (κ1) is 14.0. The van der Waals surface area contributed by atoms with E-state index < -0.39 is 0 Å². The van der Waals surface area contributed by atoms with Crippen molar-refractivity contribution >= 4 is 21.5 Å². The van der Waals surface area contributed by atoms with Crippen molar-refractivity contribution in [1.29, 1.82) is 0 Å². The number of aryl methyl sites for hydroxylation is 1. The number of rotatable bonds is 3. The highest BCUT2D eigenvalue weighted by Gasteiger charge is 2.07. The molecular formula is C23H19. The molecule has 23 heavy (non-hydrogen) atoms. The highest BCUT2D eigenvalue weighted by molar-refractivity contribution is 5.87. The highest BCUT2D eigenvalue weighted by Crippen LogP contribution is 2.26. The normalized spacial score (nSPS) is 11.2. The average Bonchev–Trinajstić information content (AvgIpc) is 2.61. The van der Waals surface area contributed by atoms with Crippen LogP contribution in [0.5, 0.6) is 0 Å². The zero-order chi connectivity index (χ0) is 15.6. The van der Waals surface area contributed by atoms with Gasteiger partial charge in [-0.1, -0.05) is 79.7 Å². The van der Waals surface area contributed by atoms with Crippen LogP contribution in [0.25, 0.3) is 21.5 Å². The van der Waals surface area contributed by atoms with Crippen molar-refractivity contribution in [3.05, 3.63) is 95.6 Å². The number of hydrogen-bond donors (Lipinski definition) is 0. The minimum Gasteiger partial charge on any atom is -0.0616 e. The molecule has 0 aromatic heterocycles. The van der Waals surface area contributed by atoms with Crippen molar-refractivity contribution in [2.75, 3.05) is 0 Å². The van der Waals surface area contributed by atoms with Crippen molar-refractivity contribution in [3.63, 3.8) is 0 Å². The van der Waals surface area contributed by atoms with Crippen molar-refractivity contribution in [2.45, 2.75) is 19.8 Å². The predicted molar refractivity (Wildman–Crippen MR) is 98.9 cm³/mol. The lowest BCUT2D eigenvalue weighted by molar-refractivity contribution is 1.07. The maximum absolute atomic E-state index is 3.66. The molecule has 0 heterocycles. The van der Waals surface area contributed by atoms with Gasteiger partial charge in [-0.25, -0.2) is 0 Å². The van der Waals surface area contributed by atoms with E-state index in [0.717, 1.165) is 12.8 Å². The molecule has 0 fully saturated rings. The Kier molecular flexibility index (Phi) is 3.59. The van der Waals surface area contributed by atoms with Gasteiger partial charge < -0.3 is 0 Å². The summed E-state index contributed by atoms with van der Waals surface area (Å²) >= 11 is 0. The van der Waals surface area contributed by atoms with E-state index in [1.165, 1.54) is 38.2 Å². The number of fused-ring (bicyclic) bond motifs is 2. The molecule has 0 N–H and O–H groups in total. The summed E-state index contributed by atoms with van der Waals surface area (Å²) in [7, 11) is 0. The standard InChI is InChI=1S/C23H19/c1-2-17-14-19-9-3-4-10-20(19)15-22(17)16-21-12-7-11-18-8-5-6-13-23(18)21/h3-14H,2,16H2,1H3. The van der Waals surface area contributed by atoms with Crippen molar-refractivity contribution in [2.24, 2.45) is 0 Å². The van der Waals surface area contributed by atoms with Gasteiger partial charge in [-0.3, -0.25) is 0 Å². The molecule has 0 unspecified atom stereocenters. The zero-order valence-electron chi connectivity index (χ0n) is 13.3. The predicted octanol–water partition coefficient (Wildman–Crippen LogP) is 5.95. The molecule has 0 aliphatic rings. The summed E-state index contributed by atoms with van der Waals surface area (Å²) in [6.45, 7) is 2.23. The molecule has 0 atom stereocenters. The molecule has 0 spiro atoms. The first-order chi connectivity index (χ1) is 11.3. The van der Waals surface area contributed by atoms with Gasteiger partial charge in [-0.2, -0.15) is 0 Å². The summed E-state index contributed by atoms with van der Waals surface area (Å²) in [6, 6.07) is 29.7. The van der Waals surface area contributed by atoms with Gasteiger partial charge in [-0.15, -0.1) is 0 Å². The molecule has 1 radical (unpaired) electrons. The fourth-order valence-corrected chi connectivity index (χ4v) is 3.36. The summed E-state index contributed by atoms with van der Waals surface area (Å²) < 4.78 is 0. The SMILES string of the molecule is CCc1cc2ccccc2[c]c1Cc1cccc2ccccc12. The summed E-state index contributed by atoms with van der Waals surface area (Å²) in [6.07, 6.45) is 1.98. The van der Waals surface area contributed by atoms with E-state index in [1.54, 1.807) is 0 Å². The molecule has 0 nitrogen and oxygen atoms in total. The van der Waals surface area contributed by atoms with E-state index in [9.17, 15) is 0 Å². The van der Waals surface area contributed by atoms with E-state index in [2.05, 4.69) is 85.8 Å². The molecule has 4 aromatic carbocycles. The lowest BCUT2D eigenvalue weighted by atomic mass is 9.92. The molecule has 4 rings (SSSR count). The van der Waals surface area contributed by atoms with E-state index in [1.807, 2.05) is 0 Å². The lowest BCUT2D eigenvalue weighted by Gasteiger charge is -2.12. The minimum absolute atomic E-state index is 0.940. The summed E-state index contributed by atoms with van der Waals surface area (Å²) in [5, 5.41) is 5.15. The molecule has 0 bridgehead atoms. The third-order valence-corrected chi connectivity index (χ3v) is 4.59. The van der Waals surface area contributed by atoms with E-state index in [-0.39, 0.29) is 0 Å². The molecule has 0 saturated carbocycles. The largest absolute Gasteiger partial charge is 0.0616 e. The van der Waals surface area contributed by atoms with Gasteiger partial charge in [0, 0.05) is 0 Å². The Bertz CT molecular complexity index is 974. The molecule has 111 valence electrons. The van der Waals surface area contributed by atoms with Crippen LogP contribution in [0.2, 0.25) is 0 Å². The smallest absolute Gasteiger partial charge is 0.00105 e. The van der Waals surface area contributed by atoms with Crippen LogP contribution in [0.4, 0.5) is 0 Å². The van der Waals surface area contributed by atoms with E-state index >= 15 is 0 Å². The quantitative estimate of drug-likeness (QED) is 0.438. The maximum atomic E-state index is 3.66. The molecule has 0 heteroatoms. The van der Waals surface area contributed by atoms with Crippen LogP contribution in [0.15, 0.2) is 72.8 Å².